The second-order valence-corrected chi connectivity index (χ2v) is 7.67. The summed E-state index contributed by atoms with van der Waals surface area (Å²) < 4.78 is 1.34. The zero-order chi connectivity index (χ0) is 24.7. The molecule has 0 bridgehead atoms. The Bertz CT molecular complexity index is 1290. The van der Waals surface area contributed by atoms with Crippen LogP contribution in [0.2, 0.25) is 10.0 Å². The van der Waals surface area contributed by atoms with Gasteiger partial charge in [0.25, 0.3) is 5.91 Å². The van der Waals surface area contributed by atoms with Gasteiger partial charge in [0, 0.05) is 17.8 Å². The number of para-hydroxylation sites is 1. The number of nitrogens with zero attached hydrogens (tertiary/aromatic N) is 3. The van der Waals surface area contributed by atoms with Crippen molar-refractivity contribution in [3.63, 3.8) is 0 Å². The number of hydrogen-bond donors (Lipinski definition) is 3. The van der Waals surface area contributed by atoms with Crippen molar-refractivity contribution in [1.82, 2.24) is 14.8 Å². The number of benzene rings is 2. The highest BCUT2D eigenvalue weighted by molar-refractivity contribution is 6.38. The first-order chi connectivity index (χ1) is 16.3. The lowest BCUT2D eigenvalue weighted by molar-refractivity contribution is 0.0689. The van der Waals surface area contributed by atoms with Crippen LogP contribution in [-0.2, 0) is 0 Å². The molecule has 0 saturated carbocycles. The molecule has 0 saturated heterocycles. The minimum absolute atomic E-state index is 0.145. The van der Waals surface area contributed by atoms with Crippen LogP contribution in [0.1, 0.15) is 27.8 Å². The fourth-order valence-electron chi connectivity index (χ4n) is 2.97. The molecule has 0 radical (unpaired) electrons. The van der Waals surface area contributed by atoms with Crippen LogP contribution in [0.3, 0.4) is 0 Å². The Kier molecular flexibility index (Phi) is 8.37. The van der Waals surface area contributed by atoms with Gasteiger partial charge in [-0.1, -0.05) is 54.4 Å². The van der Waals surface area contributed by atoms with Gasteiger partial charge in [-0.2, -0.15) is 5.10 Å². The van der Waals surface area contributed by atoms with E-state index in [1.165, 1.54) is 16.8 Å². The predicted molar refractivity (Wildman–Crippen MR) is 133 cm³/mol. The summed E-state index contributed by atoms with van der Waals surface area (Å²) in [7, 11) is 0. The molecule has 0 aliphatic rings. The SMILES string of the molecule is CCN.O=C(O)c1cc(NC(=O)c2cc(-c3ccccn3)c(Cl)cc2Cl)n(-c2ccccc2)n1. The first-order valence-electron chi connectivity index (χ1n) is 10.2. The second kappa shape index (κ2) is 11.4. The van der Waals surface area contributed by atoms with Gasteiger partial charge in [0.05, 0.1) is 27.0 Å². The van der Waals surface area contributed by atoms with Gasteiger partial charge in [0.15, 0.2) is 5.69 Å². The van der Waals surface area contributed by atoms with Gasteiger partial charge in [-0.15, -0.1) is 0 Å². The lowest BCUT2D eigenvalue weighted by Crippen LogP contribution is -2.16. The summed E-state index contributed by atoms with van der Waals surface area (Å²) in [6.07, 6.45) is 1.62. The lowest BCUT2D eigenvalue weighted by Gasteiger charge is -2.12. The summed E-state index contributed by atoms with van der Waals surface area (Å²) in [5, 5.41) is 16.6. The molecule has 0 unspecified atom stereocenters. The molecule has 0 atom stereocenters. The molecule has 4 rings (SSSR count). The van der Waals surface area contributed by atoms with Crippen LogP contribution in [0.5, 0.6) is 0 Å². The summed E-state index contributed by atoms with van der Waals surface area (Å²) in [4.78, 5) is 28.7. The highest BCUT2D eigenvalue weighted by Gasteiger charge is 2.20. The van der Waals surface area contributed by atoms with Gasteiger partial charge >= 0.3 is 5.97 Å². The Morgan fingerprint density at radius 1 is 1.03 bits per heavy atom. The van der Waals surface area contributed by atoms with Gasteiger partial charge in [0.1, 0.15) is 5.82 Å². The second-order valence-electron chi connectivity index (χ2n) is 6.86. The molecule has 0 aliphatic heterocycles. The van der Waals surface area contributed by atoms with Crippen molar-refractivity contribution >= 4 is 40.9 Å². The van der Waals surface area contributed by atoms with Crippen molar-refractivity contribution in [2.75, 3.05) is 11.9 Å². The molecule has 4 N–H and O–H groups in total. The largest absolute Gasteiger partial charge is 0.476 e. The highest BCUT2D eigenvalue weighted by atomic mass is 35.5. The number of carboxylic acid groups (broad SMARTS) is 1. The molecule has 174 valence electrons. The standard InChI is InChI=1S/C22H14Cl2N4O3.C2H7N/c23-16-11-17(24)15(10-14(16)18-8-4-5-9-25-18)21(29)26-20-12-19(22(30)31)27-28(20)13-6-2-1-3-7-13;1-2-3/h1-12H,(H,26,29)(H,30,31);2-3H2,1H3. The minimum atomic E-state index is -1.22. The number of aromatic nitrogens is 3. The molecule has 0 aliphatic carbocycles. The van der Waals surface area contributed by atoms with Crippen LogP contribution in [0, 0.1) is 0 Å². The quantitative estimate of drug-likeness (QED) is 0.350. The Morgan fingerprint density at radius 3 is 2.32 bits per heavy atom. The third-order valence-corrected chi connectivity index (χ3v) is 5.04. The van der Waals surface area contributed by atoms with Gasteiger partial charge in [-0.3, -0.25) is 9.78 Å². The van der Waals surface area contributed by atoms with E-state index in [2.05, 4.69) is 15.4 Å². The number of nitrogens with one attached hydrogen (secondary N) is 1. The van der Waals surface area contributed by atoms with Gasteiger partial charge in [-0.25, -0.2) is 9.48 Å². The van der Waals surface area contributed by atoms with Crippen molar-refractivity contribution in [1.29, 1.82) is 0 Å². The monoisotopic (exact) mass is 497 g/mol. The first kappa shape index (κ1) is 24.9. The van der Waals surface area contributed by atoms with Crippen LogP contribution >= 0.6 is 23.2 Å². The van der Waals surface area contributed by atoms with Crippen LogP contribution in [0.25, 0.3) is 16.9 Å². The Morgan fingerprint density at radius 2 is 1.71 bits per heavy atom. The molecule has 0 spiro atoms. The number of carbonyl (C=O) groups is 2. The number of carboxylic acids is 1. The average molecular weight is 498 g/mol. The molecular formula is C24H21Cl2N5O3. The summed E-state index contributed by atoms with van der Waals surface area (Å²) in [6, 6.07) is 18.5. The lowest BCUT2D eigenvalue weighted by atomic mass is 10.1. The average Bonchev–Trinajstić information content (AvgIpc) is 3.25. The molecule has 1 amide bonds. The summed E-state index contributed by atoms with van der Waals surface area (Å²) in [6.45, 7) is 2.65. The van der Waals surface area contributed by atoms with Crippen LogP contribution in [0.15, 0.2) is 72.9 Å². The van der Waals surface area contributed by atoms with E-state index in [9.17, 15) is 14.7 Å². The Balaban J connectivity index is 0.00000103. The molecule has 8 nitrogen and oxygen atoms in total. The van der Waals surface area contributed by atoms with Crippen molar-refractivity contribution < 1.29 is 14.7 Å². The van der Waals surface area contributed by atoms with Crippen molar-refractivity contribution in [2.45, 2.75) is 6.92 Å². The maximum absolute atomic E-state index is 13.0. The van der Waals surface area contributed by atoms with E-state index in [-0.39, 0.29) is 22.1 Å². The molecule has 4 aromatic rings. The van der Waals surface area contributed by atoms with Crippen molar-refractivity contribution in [3.8, 4) is 16.9 Å². The normalized spacial score (nSPS) is 10.2. The number of nitrogens with two attached hydrogens (primary N) is 1. The molecule has 2 aromatic carbocycles. The fraction of sp³-hybridized carbons (Fsp3) is 0.0833. The van der Waals surface area contributed by atoms with E-state index in [4.69, 9.17) is 28.9 Å². The maximum atomic E-state index is 13.0. The molecule has 10 heteroatoms. The third kappa shape index (κ3) is 5.79. The molecule has 34 heavy (non-hydrogen) atoms. The molecule has 0 fully saturated rings. The number of halogens is 2. The molecule has 2 heterocycles. The van der Waals surface area contributed by atoms with E-state index in [1.807, 2.05) is 13.0 Å². The van der Waals surface area contributed by atoms with E-state index < -0.39 is 11.9 Å². The maximum Gasteiger partial charge on any atom is 0.356 e. The highest BCUT2D eigenvalue weighted by Crippen LogP contribution is 2.32. The molecular weight excluding hydrogens is 477 g/mol. The van der Waals surface area contributed by atoms with Crippen LogP contribution < -0.4 is 11.1 Å². The zero-order valence-electron chi connectivity index (χ0n) is 18.1. The summed E-state index contributed by atoms with van der Waals surface area (Å²) in [5.74, 6) is -1.58. The van der Waals surface area contributed by atoms with Gasteiger partial charge in [-0.05, 0) is 42.9 Å². The number of anilines is 1. The fourth-order valence-corrected chi connectivity index (χ4v) is 3.53. The number of carbonyl (C=O) groups excluding carboxylic acids is 1. The minimum Gasteiger partial charge on any atom is -0.476 e. The zero-order valence-corrected chi connectivity index (χ0v) is 19.6. The number of rotatable bonds is 5. The van der Waals surface area contributed by atoms with E-state index in [1.54, 1.807) is 54.7 Å². The van der Waals surface area contributed by atoms with E-state index in [0.717, 1.165) is 6.54 Å². The molecule has 2 aromatic heterocycles. The number of aromatic carboxylic acids is 1. The Labute approximate surface area is 206 Å². The van der Waals surface area contributed by atoms with Crippen molar-refractivity contribution in [3.05, 3.63) is 94.2 Å². The number of pyridine rings is 1. The predicted octanol–water partition coefficient (Wildman–Crippen LogP) is 5.16. The third-order valence-electron chi connectivity index (χ3n) is 4.41. The van der Waals surface area contributed by atoms with Crippen LogP contribution in [-0.4, -0.2) is 38.3 Å². The van der Waals surface area contributed by atoms with Crippen LogP contribution in [0.4, 0.5) is 5.82 Å². The van der Waals surface area contributed by atoms with Gasteiger partial charge < -0.3 is 16.2 Å². The van der Waals surface area contributed by atoms with E-state index >= 15 is 0 Å². The Hall–Kier alpha value is -3.72. The summed E-state index contributed by atoms with van der Waals surface area (Å²) >= 11 is 12.6. The smallest absolute Gasteiger partial charge is 0.356 e. The number of hydrogen-bond acceptors (Lipinski definition) is 5. The van der Waals surface area contributed by atoms with Crippen molar-refractivity contribution in [2.24, 2.45) is 5.73 Å². The first-order valence-corrected chi connectivity index (χ1v) is 10.9. The summed E-state index contributed by atoms with van der Waals surface area (Å²) in [5.41, 5.74) is 6.50. The van der Waals surface area contributed by atoms with E-state index in [0.29, 0.717) is 22.0 Å². The van der Waals surface area contributed by atoms with Gasteiger partial charge in [0.2, 0.25) is 0 Å². The topological polar surface area (TPSA) is 123 Å². The number of amides is 1.